The number of carbonyl (C=O) groups is 1. The van der Waals surface area contributed by atoms with Gasteiger partial charge in [0, 0.05) is 22.2 Å². The number of amides is 1. The summed E-state index contributed by atoms with van der Waals surface area (Å²) in [5, 5.41) is 20.2. The first kappa shape index (κ1) is 17.2. The number of aromatic nitrogens is 3. The van der Waals surface area contributed by atoms with E-state index in [0.29, 0.717) is 39.4 Å². The molecular formula is C21H15N5O2. The molecule has 0 unspecified atom stereocenters. The summed E-state index contributed by atoms with van der Waals surface area (Å²) in [6, 6.07) is 12.5. The standard InChI is InChI=1S/C21H15N5O2/c1-12(2)19-13(9-22)4-3-5-15(19)21(27)24-14-6-7-17-16(8-14)20(26-25-17)18-10-23-11-28-18/h3-8,10-11H,1H2,2H3,(H,24,27)(H,25,26). The first-order valence-corrected chi connectivity index (χ1v) is 8.46. The quantitative estimate of drug-likeness (QED) is 0.555. The third-order valence-electron chi connectivity index (χ3n) is 4.34. The average Bonchev–Trinajstić information content (AvgIpc) is 3.36. The molecule has 136 valence electrons. The van der Waals surface area contributed by atoms with Crippen LogP contribution in [0, 0.1) is 11.3 Å². The number of anilines is 1. The number of H-pyrrole nitrogens is 1. The highest BCUT2D eigenvalue weighted by molar-refractivity contribution is 6.08. The van der Waals surface area contributed by atoms with E-state index in [1.54, 1.807) is 37.4 Å². The normalized spacial score (nSPS) is 10.6. The van der Waals surface area contributed by atoms with Gasteiger partial charge in [-0.25, -0.2) is 4.98 Å². The number of nitrogens with one attached hydrogen (secondary N) is 2. The minimum absolute atomic E-state index is 0.320. The molecule has 2 heterocycles. The van der Waals surface area contributed by atoms with Crippen LogP contribution >= 0.6 is 0 Å². The van der Waals surface area contributed by atoms with E-state index in [0.717, 1.165) is 10.9 Å². The Morgan fingerprint density at radius 3 is 2.89 bits per heavy atom. The molecule has 7 nitrogen and oxygen atoms in total. The van der Waals surface area contributed by atoms with Gasteiger partial charge in [-0.2, -0.15) is 10.4 Å². The Hall–Kier alpha value is -4.18. The third kappa shape index (κ3) is 2.93. The van der Waals surface area contributed by atoms with Gasteiger partial charge in [0.2, 0.25) is 0 Å². The Morgan fingerprint density at radius 2 is 2.18 bits per heavy atom. The lowest BCUT2D eigenvalue weighted by atomic mass is 9.96. The van der Waals surface area contributed by atoms with Gasteiger partial charge in [-0.05, 0) is 42.8 Å². The fraction of sp³-hybridized carbons (Fsp3) is 0.0476. The van der Waals surface area contributed by atoms with Crippen LogP contribution in [0.2, 0.25) is 0 Å². The molecule has 1 amide bonds. The third-order valence-corrected chi connectivity index (χ3v) is 4.34. The van der Waals surface area contributed by atoms with Crippen LogP contribution in [0.1, 0.15) is 28.4 Å². The first-order valence-electron chi connectivity index (χ1n) is 8.46. The van der Waals surface area contributed by atoms with Gasteiger partial charge in [-0.3, -0.25) is 9.89 Å². The zero-order valence-corrected chi connectivity index (χ0v) is 15.0. The van der Waals surface area contributed by atoms with Crippen LogP contribution < -0.4 is 5.32 Å². The number of oxazole rings is 1. The average molecular weight is 369 g/mol. The number of fused-ring (bicyclic) bond motifs is 1. The van der Waals surface area contributed by atoms with Crippen LogP contribution in [0.4, 0.5) is 5.69 Å². The second-order valence-corrected chi connectivity index (χ2v) is 6.27. The van der Waals surface area contributed by atoms with Gasteiger partial charge in [-0.1, -0.05) is 12.6 Å². The minimum atomic E-state index is -0.320. The zero-order valence-electron chi connectivity index (χ0n) is 15.0. The lowest BCUT2D eigenvalue weighted by Gasteiger charge is -2.12. The minimum Gasteiger partial charge on any atom is -0.442 e. The molecule has 0 aliphatic heterocycles. The number of benzene rings is 2. The lowest BCUT2D eigenvalue weighted by Crippen LogP contribution is -2.14. The summed E-state index contributed by atoms with van der Waals surface area (Å²) in [4.78, 5) is 16.8. The molecule has 0 aliphatic carbocycles. The van der Waals surface area contributed by atoms with Crippen molar-refractivity contribution in [3.05, 3.63) is 72.3 Å². The van der Waals surface area contributed by atoms with E-state index in [2.05, 4.69) is 33.1 Å². The van der Waals surface area contributed by atoms with E-state index in [1.807, 2.05) is 12.1 Å². The molecule has 2 aromatic heterocycles. The summed E-state index contributed by atoms with van der Waals surface area (Å²) in [5.41, 5.74) is 4.02. The number of hydrogen-bond donors (Lipinski definition) is 2. The fourth-order valence-corrected chi connectivity index (χ4v) is 3.11. The zero-order chi connectivity index (χ0) is 19.7. The number of aromatic amines is 1. The van der Waals surface area contributed by atoms with Crippen LogP contribution in [-0.2, 0) is 0 Å². The van der Waals surface area contributed by atoms with Crippen LogP contribution in [0.25, 0.3) is 27.9 Å². The van der Waals surface area contributed by atoms with Crippen molar-refractivity contribution >= 4 is 28.1 Å². The number of nitrogens with zero attached hydrogens (tertiary/aromatic N) is 3. The maximum Gasteiger partial charge on any atom is 0.256 e. The molecule has 2 N–H and O–H groups in total. The first-order chi connectivity index (χ1) is 13.6. The van der Waals surface area contributed by atoms with Gasteiger partial charge >= 0.3 is 0 Å². The van der Waals surface area contributed by atoms with E-state index in [-0.39, 0.29) is 5.91 Å². The van der Waals surface area contributed by atoms with Crippen molar-refractivity contribution in [2.45, 2.75) is 6.92 Å². The van der Waals surface area contributed by atoms with E-state index in [4.69, 9.17) is 4.42 Å². The molecule has 2 aromatic carbocycles. The molecule has 4 aromatic rings. The van der Waals surface area contributed by atoms with Crippen molar-refractivity contribution in [2.24, 2.45) is 0 Å². The largest absolute Gasteiger partial charge is 0.442 e. The molecule has 0 atom stereocenters. The van der Waals surface area contributed by atoms with Gasteiger partial charge in [0.15, 0.2) is 12.2 Å². The Bertz CT molecular complexity index is 1250. The summed E-state index contributed by atoms with van der Waals surface area (Å²) in [5.74, 6) is 0.208. The van der Waals surface area contributed by atoms with Crippen LogP contribution in [0.15, 0.2) is 60.0 Å². The van der Waals surface area contributed by atoms with Gasteiger partial charge < -0.3 is 9.73 Å². The van der Waals surface area contributed by atoms with Crippen molar-refractivity contribution < 1.29 is 9.21 Å². The summed E-state index contributed by atoms with van der Waals surface area (Å²) in [6.45, 7) is 5.67. The van der Waals surface area contributed by atoms with E-state index >= 15 is 0 Å². The van der Waals surface area contributed by atoms with Crippen LogP contribution in [0.3, 0.4) is 0 Å². The molecule has 0 spiro atoms. The number of nitriles is 1. The molecule has 0 fully saturated rings. The highest BCUT2D eigenvalue weighted by atomic mass is 16.3. The predicted molar refractivity (Wildman–Crippen MR) is 105 cm³/mol. The number of rotatable bonds is 4. The maximum absolute atomic E-state index is 12.9. The fourth-order valence-electron chi connectivity index (χ4n) is 3.11. The van der Waals surface area contributed by atoms with Crippen LogP contribution in [0.5, 0.6) is 0 Å². The molecule has 0 saturated heterocycles. The highest BCUT2D eigenvalue weighted by Crippen LogP contribution is 2.29. The Balaban J connectivity index is 1.71. The maximum atomic E-state index is 12.9. The van der Waals surface area contributed by atoms with Gasteiger partial charge in [0.1, 0.15) is 5.69 Å². The summed E-state index contributed by atoms with van der Waals surface area (Å²) in [7, 11) is 0. The summed E-state index contributed by atoms with van der Waals surface area (Å²) >= 11 is 0. The number of hydrogen-bond acceptors (Lipinski definition) is 5. The molecular weight excluding hydrogens is 354 g/mol. The predicted octanol–water partition coefficient (Wildman–Crippen LogP) is 4.37. The number of carbonyl (C=O) groups excluding carboxylic acids is 1. The summed E-state index contributed by atoms with van der Waals surface area (Å²) < 4.78 is 5.32. The SMILES string of the molecule is C=C(C)c1c(C#N)cccc1C(=O)Nc1ccc2[nH]nc(-c3cnco3)c2c1. The summed E-state index contributed by atoms with van der Waals surface area (Å²) in [6.07, 6.45) is 2.91. The number of allylic oxidation sites excluding steroid dienone is 1. The van der Waals surface area contributed by atoms with Gasteiger partial charge in [0.25, 0.3) is 5.91 Å². The highest BCUT2D eigenvalue weighted by Gasteiger charge is 2.17. The topological polar surface area (TPSA) is 108 Å². The molecule has 0 aliphatic rings. The molecule has 0 radical (unpaired) electrons. The van der Waals surface area contributed by atoms with E-state index in [9.17, 15) is 10.1 Å². The van der Waals surface area contributed by atoms with Crippen LogP contribution in [-0.4, -0.2) is 21.1 Å². The van der Waals surface area contributed by atoms with Crippen molar-refractivity contribution in [2.75, 3.05) is 5.32 Å². The van der Waals surface area contributed by atoms with Crippen molar-refractivity contribution in [1.29, 1.82) is 5.26 Å². The van der Waals surface area contributed by atoms with Gasteiger partial charge in [-0.15, -0.1) is 0 Å². The van der Waals surface area contributed by atoms with Crippen molar-refractivity contribution in [1.82, 2.24) is 15.2 Å². The molecule has 28 heavy (non-hydrogen) atoms. The Kier molecular flexibility index (Phi) is 4.22. The second-order valence-electron chi connectivity index (χ2n) is 6.27. The molecule has 7 heteroatoms. The molecule has 0 bridgehead atoms. The van der Waals surface area contributed by atoms with Crippen molar-refractivity contribution in [3.8, 4) is 17.5 Å². The Labute approximate surface area is 160 Å². The second kappa shape index (κ2) is 6.85. The van der Waals surface area contributed by atoms with Crippen molar-refractivity contribution in [3.63, 3.8) is 0 Å². The van der Waals surface area contributed by atoms with E-state index < -0.39 is 0 Å². The molecule has 0 saturated carbocycles. The lowest BCUT2D eigenvalue weighted by molar-refractivity contribution is 0.102. The van der Waals surface area contributed by atoms with Gasteiger partial charge in [0.05, 0.1) is 23.3 Å². The smallest absolute Gasteiger partial charge is 0.256 e. The Morgan fingerprint density at radius 1 is 1.32 bits per heavy atom. The van der Waals surface area contributed by atoms with E-state index in [1.165, 1.54) is 6.39 Å². The molecule has 4 rings (SSSR count). The monoisotopic (exact) mass is 369 g/mol.